The molecule has 21 heavy (non-hydrogen) atoms. The Labute approximate surface area is 121 Å². The second-order valence-corrected chi connectivity index (χ2v) is 5.58. The molecule has 0 spiro atoms. The molecule has 2 atom stereocenters. The summed E-state index contributed by atoms with van der Waals surface area (Å²) in [5.41, 5.74) is 0.480. The van der Waals surface area contributed by atoms with Gasteiger partial charge in [0.05, 0.1) is 0 Å². The Morgan fingerprint density at radius 3 is 2.67 bits per heavy atom. The van der Waals surface area contributed by atoms with Crippen LogP contribution in [0.15, 0.2) is 18.2 Å². The highest BCUT2D eigenvalue weighted by Crippen LogP contribution is 2.28. The molecule has 2 aliphatic rings. The maximum atomic E-state index is 13.3. The fourth-order valence-electron chi connectivity index (χ4n) is 3.09. The molecule has 0 aromatic heterocycles. The lowest BCUT2D eigenvalue weighted by molar-refractivity contribution is -0.159. The van der Waals surface area contributed by atoms with Crippen molar-refractivity contribution in [3.8, 4) is 0 Å². The van der Waals surface area contributed by atoms with Gasteiger partial charge in [-0.15, -0.1) is 0 Å². The smallest absolute Gasteiger partial charge is 0.246 e. The number of rotatable bonds is 2. The molecule has 1 aromatic carbocycles. The molecule has 0 saturated carbocycles. The van der Waals surface area contributed by atoms with Gasteiger partial charge >= 0.3 is 0 Å². The number of hydrogen-bond acceptors (Lipinski definition) is 2. The Kier molecular flexibility index (Phi) is 3.39. The van der Waals surface area contributed by atoms with Crippen LogP contribution in [0.3, 0.4) is 0 Å². The number of carbonyl (C=O) groups excluding carboxylic acids is 2. The van der Waals surface area contributed by atoms with Crippen molar-refractivity contribution in [3.63, 3.8) is 0 Å². The van der Waals surface area contributed by atoms with Gasteiger partial charge in [0.2, 0.25) is 11.8 Å². The first-order valence-electron chi connectivity index (χ1n) is 7.04. The van der Waals surface area contributed by atoms with Gasteiger partial charge in [0.25, 0.3) is 0 Å². The minimum Gasteiger partial charge on any atom is -0.329 e. The zero-order valence-corrected chi connectivity index (χ0v) is 11.7. The zero-order chi connectivity index (χ0) is 15.1. The van der Waals surface area contributed by atoms with Crippen molar-refractivity contribution in [2.45, 2.75) is 38.4 Å². The summed E-state index contributed by atoms with van der Waals surface area (Å²) in [7, 11) is 0. The predicted octanol–water partition coefficient (Wildman–Crippen LogP) is 1.69. The molecule has 2 aliphatic heterocycles. The molecule has 3 rings (SSSR count). The Balaban J connectivity index is 1.85. The maximum absolute atomic E-state index is 13.3. The van der Waals surface area contributed by atoms with E-state index in [0.29, 0.717) is 18.5 Å². The van der Waals surface area contributed by atoms with Crippen molar-refractivity contribution < 1.29 is 18.4 Å². The highest BCUT2D eigenvalue weighted by atomic mass is 19.2. The van der Waals surface area contributed by atoms with Gasteiger partial charge in [-0.3, -0.25) is 9.59 Å². The number of amides is 2. The first-order chi connectivity index (χ1) is 9.99. The molecule has 2 amide bonds. The van der Waals surface area contributed by atoms with Crippen LogP contribution < -0.4 is 0 Å². The first kappa shape index (κ1) is 14.0. The minimum absolute atomic E-state index is 0.0697. The SMILES string of the molecule is CC1C(=O)N2CCCC2C(=O)N1Cc1ccc(F)c(F)c1. The Hall–Kier alpha value is -1.98. The zero-order valence-electron chi connectivity index (χ0n) is 11.7. The van der Waals surface area contributed by atoms with Gasteiger partial charge in [0.15, 0.2) is 11.6 Å². The molecule has 0 radical (unpaired) electrons. The van der Waals surface area contributed by atoms with Crippen molar-refractivity contribution >= 4 is 11.8 Å². The van der Waals surface area contributed by atoms with E-state index in [0.717, 1.165) is 18.6 Å². The number of piperazine rings is 1. The van der Waals surface area contributed by atoms with Crippen LogP contribution in [0.4, 0.5) is 8.78 Å². The molecule has 0 N–H and O–H groups in total. The molecule has 1 aromatic rings. The lowest BCUT2D eigenvalue weighted by Gasteiger charge is -2.41. The number of hydrogen-bond donors (Lipinski definition) is 0. The fraction of sp³-hybridized carbons (Fsp3) is 0.467. The minimum atomic E-state index is -0.946. The quantitative estimate of drug-likeness (QED) is 0.833. The third-order valence-corrected chi connectivity index (χ3v) is 4.27. The molecule has 2 saturated heterocycles. The monoisotopic (exact) mass is 294 g/mol. The van der Waals surface area contributed by atoms with Gasteiger partial charge in [0, 0.05) is 13.1 Å². The van der Waals surface area contributed by atoms with Crippen LogP contribution in [0.25, 0.3) is 0 Å². The Morgan fingerprint density at radius 1 is 1.19 bits per heavy atom. The van der Waals surface area contributed by atoms with Crippen LogP contribution in [0.2, 0.25) is 0 Å². The lowest BCUT2D eigenvalue weighted by Crippen LogP contribution is -2.61. The molecule has 6 heteroatoms. The average molecular weight is 294 g/mol. The molecule has 2 heterocycles. The van der Waals surface area contributed by atoms with Crippen molar-refractivity contribution in [2.75, 3.05) is 6.54 Å². The molecule has 2 unspecified atom stereocenters. The van der Waals surface area contributed by atoms with E-state index in [2.05, 4.69) is 0 Å². The summed E-state index contributed by atoms with van der Waals surface area (Å²) in [6.45, 7) is 2.42. The summed E-state index contributed by atoms with van der Waals surface area (Å²) < 4.78 is 26.2. The second kappa shape index (κ2) is 5.09. The normalized spacial score (nSPS) is 25.5. The average Bonchev–Trinajstić information content (AvgIpc) is 2.95. The Morgan fingerprint density at radius 2 is 1.95 bits per heavy atom. The van der Waals surface area contributed by atoms with E-state index in [9.17, 15) is 18.4 Å². The highest BCUT2D eigenvalue weighted by Gasteiger charge is 2.45. The topological polar surface area (TPSA) is 40.6 Å². The third-order valence-electron chi connectivity index (χ3n) is 4.27. The summed E-state index contributed by atoms with van der Waals surface area (Å²) in [5, 5.41) is 0. The van der Waals surface area contributed by atoms with Crippen LogP contribution >= 0.6 is 0 Å². The standard InChI is InChI=1S/C15H16F2N2O2/c1-9-14(20)18-6-2-3-13(18)15(21)19(9)8-10-4-5-11(16)12(17)7-10/h4-5,7,9,13H,2-3,6,8H2,1H3. The van der Waals surface area contributed by atoms with Crippen LogP contribution in [0.1, 0.15) is 25.3 Å². The Bertz CT molecular complexity index is 605. The van der Waals surface area contributed by atoms with Gasteiger partial charge in [-0.1, -0.05) is 6.07 Å². The third kappa shape index (κ3) is 2.28. The van der Waals surface area contributed by atoms with Crippen molar-refractivity contribution in [2.24, 2.45) is 0 Å². The molecule has 4 nitrogen and oxygen atoms in total. The predicted molar refractivity (Wildman–Crippen MR) is 71.1 cm³/mol. The summed E-state index contributed by atoms with van der Waals surface area (Å²) in [4.78, 5) is 27.8. The summed E-state index contributed by atoms with van der Waals surface area (Å²) >= 11 is 0. The first-order valence-corrected chi connectivity index (χ1v) is 7.04. The maximum Gasteiger partial charge on any atom is 0.246 e. The largest absolute Gasteiger partial charge is 0.329 e. The van der Waals surface area contributed by atoms with Crippen LogP contribution in [0.5, 0.6) is 0 Å². The van der Waals surface area contributed by atoms with E-state index in [1.807, 2.05) is 0 Å². The molecule has 0 bridgehead atoms. The number of carbonyl (C=O) groups is 2. The van der Waals surface area contributed by atoms with E-state index >= 15 is 0 Å². The van der Waals surface area contributed by atoms with E-state index < -0.39 is 17.7 Å². The van der Waals surface area contributed by atoms with Gasteiger partial charge in [0.1, 0.15) is 12.1 Å². The highest BCUT2D eigenvalue weighted by molar-refractivity contribution is 5.97. The van der Waals surface area contributed by atoms with Gasteiger partial charge in [-0.05, 0) is 37.5 Å². The summed E-state index contributed by atoms with van der Waals surface area (Å²) in [6.07, 6.45) is 1.50. The molecule has 0 aliphatic carbocycles. The van der Waals surface area contributed by atoms with Gasteiger partial charge in [-0.25, -0.2) is 8.78 Å². The number of nitrogens with zero attached hydrogens (tertiary/aromatic N) is 2. The van der Waals surface area contributed by atoms with Gasteiger partial charge in [-0.2, -0.15) is 0 Å². The molecule has 112 valence electrons. The van der Waals surface area contributed by atoms with Crippen molar-refractivity contribution in [1.82, 2.24) is 9.80 Å². The van der Waals surface area contributed by atoms with Crippen molar-refractivity contribution in [3.05, 3.63) is 35.4 Å². The summed E-state index contributed by atoms with van der Waals surface area (Å²) in [5.74, 6) is -2.04. The molecular weight excluding hydrogens is 278 g/mol. The van der Waals surface area contributed by atoms with E-state index in [4.69, 9.17) is 0 Å². The van der Waals surface area contributed by atoms with Gasteiger partial charge < -0.3 is 9.80 Å². The molecule has 2 fully saturated rings. The molecular formula is C15H16F2N2O2. The van der Waals surface area contributed by atoms with Crippen molar-refractivity contribution in [1.29, 1.82) is 0 Å². The number of halogens is 2. The van der Waals surface area contributed by atoms with E-state index in [-0.39, 0.29) is 24.4 Å². The van der Waals surface area contributed by atoms with E-state index in [1.165, 1.54) is 11.0 Å². The number of benzene rings is 1. The van der Waals surface area contributed by atoms with Crippen LogP contribution in [-0.4, -0.2) is 40.2 Å². The lowest BCUT2D eigenvalue weighted by atomic mass is 10.0. The number of fused-ring (bicyclic) bond motifs is 1. The second-order valence-electron chi connectivity index (χ2n) is 5.58. The summed E-state index contributed by atoms with van der Waals surface area (Å²) in [6, 6.07) is 2.58. The van der Waals surface area contributed by atoms with Crippen LogP contribution in [0, 0.1) is 11.6 Å². The van der Waals surface area contributed by atoms with Crippen LogP contribution in [-0.2, 0) is 16.1 Å². The van der Waals surface area contributed by atoms with E-state index in [1.54, 1.807) is 11.8 Å². The fourth-order valence-corrected chi connectivity index (χ4v) is 3.09.